The van der Waals surface area contributed by atoms with E-state index in [0.717, 1.165) is 79.2 Å². The number of aromatic nitrogens is 2. The third-order valence-corrected chi connectivity index (χ3v) is 11.8. The van der Waals surface area contributed by atoms with Gasteiger partial charge in [-0.05, 0) is 108 Å². The van der Waals surface area contributed by atoms with Crippen LogP contribution in [0.5, 0.6) is 11.5 Å². The number of para-hydroxylation sites is 4. The van der Waals surface area contributed by atoms with Crippen molar-refractivity contribution < 1.29 is 25.8 Å². The van der Waals surface area contributed by atoms with Crippen LogP contribution in [0.2, 0.25) is 0 Å². The number of fused-ring (bicyclic) bond motifs is 2. The molecule has 11 rings (SSSR count). The Hall–Kier alpha value is -7.85. The Morgan fingerprint density at radius 1 is 0.354 bits per heavy atom. The zero-order chi connectivity index (χ0) is 42.7. The molecule has 0 radical (unpaired) electrons. The van der Waals surface area contributed by atoms with Gasteiger partial charge in [0.15, 0.2) is 0 Å². The van der Waals surface area contributed by atoms with Gasteiger partial charge in [0, 0.05) is 45.3 Å². The number of anilines is 6. The SMILES string of the molecule is [Pt+2].[c-]1ccccc1-c1cccc(C2(c3cccc(-c4[c-]cccc4)n3)c3cc(N(c4ccccc4)c4ccccc4)ccc3Oc3ccc(N(c4ccccc4)c4ccccc4)cc32)n1. The van der Waals surface area contributed by atoms with E-state index in [9.17, 15) is 0 Å². The molecule has 0 bridgehead atoms. The number of hydrogen-bond donors (Lipinski definition) is 0. The molecule has 1 aliphatic heterocycles. The molecule has 0 amide bonds. The molecule has 312 valence electrons. The van der Waals surface area contributed by atoms with Gasteiger partial charge in [0.1, 0.15) is 16.9 Å². The molecular formula is C59H40N4OPt. The molecule has 6 heteroatoms. The zero-order valence-corrected chi connectivity index (χ0v) is 37.4. The van der Waals surface area contributed by atoms with Crippen molar-refractivity contribution in [2.75, 3.05) is 9.80 Å². The molecular weight excluding hydrogens is 976 g/mol. The van der Waals surface area contributed by atoms with Crippen molar-refractivity contribution >= 4 is 34.1 Å². The molecule has 65 heavy (non-hydrogen) atoms. The second-order valence-corrected chi connectivity index (χ2v) is 15.6. The maximum atomic E-state index is 7.09. The molecule has 3 heterocycles. The molecule has 0 unspecified atom stereocenters. The van der Waals surface area contributed by atoms with Gasteiger partial charge in [-0.1, -0.05) is 97.1 Å². The Balaban J connectivity index is 0.00000498. The summed E-state index contributed by atoms with van der Waals surface area (Å²) < 4.78 is 7.09. The van der Waals surface area contributed by atoms with Gasteiger partial charge < -0.3 is 14.5 Å². The first-order valence-corrected chi connectivity index (χ1v) is 21.4. The van der Waals surface area contributed by atoms with Gasteiger partial charge >= 0.3 is 21.1 Å². The quantitative estimate of drug-likeness (QED) is 0.128. The van der Waals surface area contributed by atoms with E-state index >= 15 is 0 Å². The van der Waals surface area contributed by atoms with Crippen molar-refractivity contribution in [2.45, 2.75) is 5.41 Å². The monoisotopic (exact) mass is 1020 g/mol. The van der Waals surface area contributed by atoms with Gasteiger partial charge in [0.05, 0.1) is 11.4 Å². The van der Waals surface area contributed by atoms with Crippen molar-refractivity contribution in [2.24, 2.45) is 0 Å². The fraction of sp³-hybridized carbons (Fsp3) is 0.0169. The Morgan fingerprint density at radius 2 is 0.723 bits per heavy atom. The van der Waals surface area contributed by atoms with E-state index in [1.165, 1.54) is 0 Å². The summed E-state index contributed by atoms with van der Waals surface area (Å²) in [6.07, 6.45) is 0. The van der Waals surface area contributed by atoms with Crippen LogP contribution in [0.25, 0.3) is 22.5 Å². The van der Waals surface area contributed by atoms with Crippen molar-refractivity contribution in [3.8, 4) is 34.0 Å². The summed E-state index contributed by atoms with van der Waals surface area (Å²) in [5.74, 6) is 1.43. The molecule has 0 fully saturated rings. The summed E-state index contributed by atoms with van der Waals surface area (Å²) in [4.78, 5) is 15.8. The van der Waals surface area contributed by atoms with Gasteiger partial charge in [-0.15, -0.1) is 71.8 Å². The Kier molecular flexibility index (Phi) is 11.5. The summed E-state index contributed by atoms with van der Waals surface area (Å²) in [5.41, 5.74) is 11.7. The van der Waals surface area contributed by atoms with Crippen LogP contribution in [0.4, 0.5) is 34.1 Å². The van der Waals surface area contributed by atoms with Crippen LogP contribution in [0.3, 0.4) is 0 Å². The molecule has 2 aromatic heterocycles. The second kappa shape index (κ2) is 18.1. The number of rotatable bonds is 10. The van der Waals surface area contributed by atoms with Crippen molar-refractivity contribution in [1.82, 2.24) is 9.97 Å². The molecule has 0 spiro atoms. The number of hydrogen-bond acceptors (Lipinski definition) is 5. The van der Waals surface area contributed by atoms with Gasteiger partial charge in [0.2, 0.25) is 0 Å². The van der Waals surface area contributed by atoms with E-state index in [4.69, 9.17) is 14.7 Å². The molecule has 8 aromatic carbocycles. The van der Waals surface area contributed by atoms with Crippen LogP contribution in [0, 0.1) is 12.1 Å². The van der Waals surface area contributed by atoms with Crippen LogP contribution in [-0.4, -0.2) is 9.97 Å². The normalized spacial score (nSPS) is 12.1. The van der Waals surface area contributed by atoms with Crippen LogP contribution >= 0.6 is 0 Å². The van der Waals surface area contributed by atoms with Gasteiger partial charge in [0.25, 0.3) is 0 Å². The maximum Gasteiger partial charge on any atom is 2.00 e. The summed E-state index contributed by atoms with van der Waals surface area (Å²) in [7, 11) is 0. The molecule has 0 saturated carbocycles. The zero-order valence-electron chi connectivity index (χ0n) is 35.1. The molecule has 0 N–H and O–H groups in total. The minimum atomic E-state index is -1.12. The molecule has 5 nitrogen and oxygen atoms in total. The average molecular weight is 1020 g/mol. The molecule has 0 atom stereocenters. The minimum absolute atomic E-state index is 0. The fourth-order valence-electron chi connectivity index (χ4n) is 8.92. The predicted molar refractivity (Wildman–Crippen MR) is 258 cm³/mol. The van der Waals surface area contributed by atoms with Gasteiger partial charge in [-0.3, -0.25) is 9.97 Å². The molecule has 10 aromatic rings. The number of pyridine rings is 2. The van der Waals surface area contributed by atoms with Crippen LogP contribution in [-0.2, 0) is 26.5 Å². The first kappa shape index (κ1) is 41.2. The van der Waals surface area contributed by atoms with E-state index in [-0.39, 0.29) is 21.1 Å². The van der Waals surface area contributed by atoms with E-state index < -0.39 is 5.41 Å². The first-order valence-electron chi connectivity index (χ1n) is 21.4. The fourth-order valence-corrected chi connectivity index (χ4v) is 8.92. The summed E-state index contributed by atoms with van der Waals surface area (Å²) in [5, 5.41) is 0. The Morgan fingerprint density at radius 3 is 1.08 bits per heavy atom. The predicted octanol–water partition coefficient (Wildman–Crippen LogP) is 14.8. The van der Waals surface area contributed by atoms with E-state index in [2.05, 4.69) is 204 Å². The summed E-state index contributed by atoms with van der Waals surface area (Å²) in [6.45, 7) is 0. The largest absolute Gasteiger partial charge is 2.00 e. The second-order valence-electron chi connectivity index (χ2n) is 15.6. The molecule has 0 aliphatic carbocycles. The smallest absolute Gasteiger partial charge is 0.457 e. The van der Waals surface area contributed by atoms with E-state index in [1.807, 2.05) is 60.7 Å². The van der Waals surface area contributed by atoms with Gasteiger partial charge in [-0.25, -0.2) is 0 Å². The van der Waals surface area contributed by atoms with Crippen molar-refractivity contribution in [3.05, 3.63) is 277 Å². The number of benzene rings is 8. The average Bonchev–Trinajstić information content (AvgIpc) is 3.38. The van der Waals surface area contributed by atoms with Gasteiger partial charge in [-0.2, -0.15) is 0 Å². The third kappa shape index (κ3) is 7.71. The summed E-state index contributed by atoms with van der Waals surface area (Å²) >= 11 is 0. The van der Waals surface area contributed by atoms with Crippen molar-refractivity contribution in [3.63, 3.8) is 0 Å². The maximum absolute atomic E-state index is 7.09. The van der Waals surface area contributed by atoms with Crippen LogP contribution < -0.4 is 14.5 Å². The minimum Gasteiger partial charge on any atom is -0.457 e. The summed E-state index contributed by atoms with van der Waals surface area (Å²) in [6, 6.07) is 90.4. The number of ether oxygens (including phenoxy) is 1. The molecule has 1 aliphatic rings. The van der Waals surface area contributed by atoms with E-state index in [1.54, 1.807) is 0 Å². The number of nitrogens with zero attached hydrogens (tertiary/aromatic N) is 4. The Bertz CT molecular complexity index is 2890. The topological polar surface area (TPSA) is 41.5 Å². The third-order valence-electron chi connectivity index (χ3n) is 11.8. The first-order chi connectivity index (χ1) is 31.7. The van der Waals surface area contributed by atoms with E-state index in [0.29, 0.717) is 11.5 Å². The molecule has 0 saturated heterocycles. The van der Waals surface area contributed by atoms with Crippen molar-refractivity contribution in [1.29, 1.82) is 0 Å². The van der Waals surface area contributed by atoms with Crippen LogP contribution in [0.15, 0.2) is 243 Å². The standard InChI is InChI=1S/C59H40N4O.Pt/c1-7-21-43(22-8-1)53-33-19-35-57(60-53)59(58-36-20-34-54(61-58)44-23-9-2-10-24-44)51-41-49(62(45-25-11-3-12-26-45)46-27-13-4-14-28-46)37-39-55(51)64-56-40-38-50(42-52(56)59)63(47-29-15-5-16-30-47)48-31-17-6-18-32-48;/h1-21,23,25-42H;/q-2;+2. The van der Waals surface area contributed by atoms with Crippen LogP contribution in [0.1, 0.15) is 22.5 Å². The Labute approximate surface area is 394 Å².